The molecule has 2 aliphatic heterocycles. The third-order valence-electron chi connectivity index (χ3n) is 5.23. The van der Waals surface area contributed by atoms with Crippen LogP contribution in [-0.2, 0) is 0 Å². The minimum Gasteiger partial charge on any atom is -0.318 e. The van der Waals surface area contributed by atoms with E-state index >= 15 is 0 Å². The summed E-state index contributed by atoms with van der Waals surface area (Å²) in [5.41, 5.74) is 1.37. The summed E-state index contributed by atoms with van der Waals surface area (Å²) in [6.07, 6.45) is 0. The lowest BCUT2D eigenvalue weighted by Crippen LogP contribution is -2.45. The van der Waals surface area contributed by atoms with Gasteiger partial charge in [-0.05, 0) is 38.4 Å². The fourth-order valence-corrected chi connectivity index (χ4v) is 3.83. The molecule has 8 nitrogen and oxygen atoms in total. The van der Waals surface area contributed by atoms with Gasteiger partial charge in [0.2, 0.25) is 0 Å². The predicted molar refractivity (Wildman–Crippen MR) is 103 cm³/mol. The summed E-state index contributed by atoms with van der Waals surface area (Å²) < 4.78 is 0. The lowest BCUT2D eigenvalue weighted by atomic mass is 9.86. The fraction of sp³-hybridized carbons (Fsp3) is 0.300. The van der Waals surface area contributed by atoms with Gasteiger partial charge in [0.25, 0.3) is 23.6 Å². The summed E-state index contributed by atoms with van der Waals surface area (Å²) in [4.78, 5) is 54.0. The molecule has 2 aliphatic rings. The van der Waals surface area contributed by atoms with Crippen molar-refractivity contribution in [2.24, 2.45) is 0 Å². The maximum atomic E-state index is 12.9. The van der Waals surface area contributed by atoms with Gasteiger partial charge in [0.15, 0.2) is 0 Å². The number of carbonyl (C=O) groups excluding carboxylic acids is 4. The molecule has 0 bridgehead atoms. The first kappa shape index (κ1) is 18.3. The van der Waals surface area contributed by atoms with E-state index in [1.165, 1.54) is 9.80 Å². The van der Waals surface area contributed by atoms with Crippen LogP contribution < -0.4 is 10.6 Å². The minimum absolute atomic E-state index is 0.244. The maximum Gasteiger partial charge on any atom is 0.261 e. The van der Waals surface area contributed by atoms with E-state index in [2.05, 4.69) is 10.6 Å². The molecular formula is C20H20N4O4. The number of hydrogen-bond donors (Lipinski definition) is 2. The van der Waals surface area contributed by atoms with Crippen LogP contribution in [0.1, 0.15) is 41.4 Å². The normalized spacial score (nSPS) is 15.8. The van der Waals surface area contributed by atoms with Gasteiger partial charge in [-0.1, -0.05) is 0 Å². The minimum atomic E-state index is -0.408. The number of amides is 4. The topological polar surface area (TPSA) is 98.8 Å². The van der Waals surface area contributed by atoms with E-state index < -0.39 is 23.6 Å². The van der Waals surface area contributed by atoms with Crippen molar-refractivity contribution in [3.8, 4) is 0 Å². The number of carbonyl (C=O) groups is 4. The van der Waals surface area contributed by atoms with Crippen LogP contribution in [0.4, 0.5) is 0 Å². The Kier molecular flexibility index (Phi) is 4.44. The molecule has 0 saturated heterocycles. The van der Waals surface area contributed by atoms with Gasteiger partial charge >= 0.3 is 0 Å². The van der Waals surface area contributed by atoms with Gasteiger partial charge in [0, 0.05) is 59.2 Å². The summed E-state index contributed by atoms with van der Waals surface area (Å²) in [5, 5.41) is 6.66. The standard InChI is InChI=1S/C20H20N4O4/c1-21-7-9-23-17(25)11-3-5-13-16-14(6-4-12(15(11)16)18(23)26)20(28)24(19(13)27)10-8-22-2/h3-6,21-22H,7-10H2,1-2H3. The molecule has 8 heteroatoms. The van der Waals surface area contributed by atoms with Gasteiger partial charge in [-0.15, -0.1) is 0 Å². The molecule has 0 atom stereocenters. The molecular weight excluding hydrogens is 360 g/mol. The van der Waals surface area contributed by atoms with Crippen LogP contribution in [0.15, 0.2) is 24.3 Å². The number of nitrogens with zero attached hydrogens (tertiary/aromatic N) is 2. The summed E-state index contributed by atoms with van der Waals surface area (Å²) in [7, 11) is 3.49. The van der Waals surface area contributed by atoms with Crippen molar-refractivity contribution in [2.75, 3.05) is 40.3 Å². The zero-order valence-electron chi connectivity index (χ0n) is 15.7. The van der Waals surface area contributed by atoms with Gasteiger partial charge in [-0.25, -0.2) is 0 Å². The number of benzene rings is 2. The zero-order valence-corrected chi connectivity index (χ0v) is 15.7. The maximum absolute atomic E-state index is 12.9. The van der Waals surface area contributed by atoms with Crippen molar-refractivity contribution in [1.29, 1.82) is 0 Å². The molecule has 0 spiro atoms. The number of hydrogen-bond acceptors (Lipinski definition) is 6. The van der Waals surface area contributed by atoms with Crippen LogP contribution in [0.5, 0.6) is 0 Å². The molecule has 0 aromatic heterocycles. The molecule has 2 aromatic rings. The Bertz CT molecular complexity index is 893. The Labute approximate surface area is 161 Å². The van der Waals surface area contributed by atoms with Crippen LogP contribution in [0.25, 0.3) is 10.8 Å². The molecule has 0 aliphatic carbocycles. The lowest BCUT2D eigenvalue weighted by Gasteiger charge is -2.31. The summed E-state index contributed by atoms with van der Waals surface area (Å²) in [5.74, 6) is -1.63. The quantitative estimate of drug-likeness (QED) is 0.707. The summed E-state index contributed by atoms with van der Waals surface area (Å²) in [6, 6.07) is 6.32. The van der Waals surface area contributed by atoms with Crippen molar-refractivity contribution >= 4 is 34.4 Å². The van der Waals surface area contributed by atoms with E-state index in [4.69, 9.17) is 0 Å². The van der Waals surface area contributed by atoms with E-state index in [9.17, 15) is 19.2 Å². The largest absolute Gasteiger partial charge is 0.318 e. The molecule has 28 heavy (non-hydrogen) atoms. The van der Waals surface area contributed by atoms with E-state index in [0.717, 1.165) is 0 Å². The van der Waals surface area contributed by atoms with Gasteiger partial charge < -0.3 is 10.6 Å². The molecule has 2 heterocycles. The van der Waals surface area contributed by atoms with Crippen molar-refractivity contribution < 1.29 is 19.2 Å². The second-order valence-electron chi connectivity index (χ2n) is 6.80. The second kappa shape index (κ2) is 6.81. The van der Waals surface area contributed by atoms with Crippen LogP contribution in [0.3, 0.4) is 0 Å². The Hall–Kier alpha value is -3.10. The Morgan fingerprint density at radius 3 is 1.14 bits per heavy atom. The second-order valence-corrected chi connectivity index (χ2v) is 6.80. The number of likely N-dealkylation sites (N-methyl/N-ethyl adjacent to an activating group) is 2. The molecule has 144 valence electrons. The predicted octanol–water partition coefficient (Wildman–Crippen LogP) is 0.471. The zero-order chi connectivity index (χ0) is 20.0. The molecule has 0 saturated carbocycles. The molecule has 4 amide bonds. The number of nitrogens with one attached hydrogen (secondary N) is 2. The number of imide groups is 2. The molecule has 0 fully saturated rings. The first-order chi connectivity index (χ1) is 13.5. The molecule has 4 rings (SSSR count). The third-order valence-corrected chi connectivity index (χ3v) is 5.23. The van der Waals surface area contributed by atoms with Crippen molar-refractivity contribution in [2.45, 2.75) is 0 Å². The first-order valence-corrected chi connectivity index (χ1v) is 9.12. The highest BCUT2D eigenvalue weighted by Gasteiger charge is 2.39. The smallest absolute Gasteiger partial charge is 0.261 e. The highest BCUT2D eigenvalue weighted by molar-refractivity contribution is 6.33. The van der Waals surface area contributed by atoms with Gasteiger partial charge in [0.05, 0.1) is 0 Å². The fourth-order valence-electron chi connectivity index (χ4n) is 3.83. The highest BCUT2D eigenvalue weighted by Crippen LogP contribution is 2.37. The van der Waals surface area contributed by atoms with E-state index in [-0.39, 0.29) is 13.1 Å². The SMILES string of the molecule is CNCCN1C(=O)c2ccc3c4c(ccc(c24)C1=O)C(=O)N(CCNC)C3=O. The van der Waals surface area contributed by atoms with Crippen molar-refractivity contribution in [3.63, 3.8) is 0 Å². The molecule has 2 N–H and O–H groups in total. The monoisotopic (exact) mass is 380 g/mol. The first-order valence-electron chi connectivity index (χ1n) is 9.12. The average Bonchev–Trinajstić information content (AvgIpc) is 2.70. The Morgan fingerprint density at radius 2 is 0.893 bits per heavy atom. The third kappa shape index (κ3) is 2.45. The highest BCUT2D eigenvalue weighted by atomic mass is 16.2. The van der Waals surface area contributed by atoms with Crippen molar-refractivity contribution in [3.05, 3.63) is 46.5 Å². The van der Waals surface area contributed by atoms with Gasteiger partial charge in [0.1, 0.15) is 0 Å². The summed E-state index contributed by atoms with van der Waals surface area (Å²) in [6.45, 7) is 1.44. The van der Waals surface area contributed by atoms with E-state index in [1.807, 2.05) is 0 Å². The molecule has 2 aromatic carbocycles. The van der Waals surface area contributed by atoms with E-state index in [0.29, 0.717) is 46.1 Å². The van der Waals surface area contributed by atoms with Crippen LogP contribution >= 0.6 is 0 Å². The van der Waals surface area contributed by atoms with Crippen molar-refractivity contribution in [1.82, 2.24) is 20.4 Å². The Balaban J connectivity index is 1.91. The molecule has 0 unspecified atom stereocenters. The van der Waals surface area contributed by atoms with Gasteiger partial charge in [-0.2, -0.15) is 0 Å². The number of rotatable bonds is 6. The van der Waals surface area contributed by atoms with Crippen LogP contribution in [-0.4, -0.2) is 73.7 Å². The lowest BCUT2D eigenvalue weighted by molar-refractivity contribution is 0.0591. The average molecular weight is 380 g/mol. The molecule has 0 radical (unpaired) electrons. The van der Waals surface area contributed by atoms with E-state index in [1.54, 1.807) is 38.4 Å². The van der Waals surface area contributed by atoms with Crippen LogP contribution in [0.2, 0.25) is 0 Å². The van der Waals surface area contributed by atoms with Crippen LogP contribution in [0, 0.1) is 0 Å². The summed E-state index contributed by atoms with van der Waals surface area (Å²) >= 11 is 0. The Morgan fingerprint density at radius 1 is 0.607 bits per heavy atom. The van der Waals surface area contributed by atoms with Gasteiger partial charge in [-0.3, -0.25) is 29.0 Å².